The van der Waals surface area contributed by atoms with Gasteiger partial charge in [0.15, 0.2) is 5.82 Å². The first-order chi connectivity index (χ1) is 7.75. The van der Waals surface area contributed by atoms with Crippen molar-refractivity contribution in [2.45, 2.75) is 12.8 Å². The molecule has 6 nitrogen and oxygen atoms in total. The molecule has 0 bridgehead atoms. The topological polar surface area (TPSA) is 91.8 Å². The van der Waals surface area contributed by atoms with Gasteiger partial charge < -0.3 is 5.11 Å². The van der Waals surface area contributed by atoms with Gasteiger partial charge in [-0.25, -0.2) is 4.98 Å². The number of nitrogens with zero attached hydrogens (tertiary/aromatic N) is 3. The summed E-state index contributed by atoms with van der Waals surface area (Å²) in [7, 11) is 0. The maximum absolute atomic E-state index is 10.4. The predicted octanol–water partition coefficient (Wildman–Crippen LogP) is 0.884. The minimum absolute atomic E-state index is 0.0433. The average molecular weight is 218 g/mol. The molecule has 2 heterocycles. The number of carboxylic acids is 1. The molecule has 0 saturated carbocycles. The summed E-state index contributed by atoms with van der Waals surface area (Å²) in [5.41, 5.74) is 0.806. The molecule has 0 aromatic carbocycles. The standard InChI is InChI=1S/C10H10N4O2/c15-9(16)4-3-8-12-10(14-13-8)7-2-1-5-11-6-7/h1-2,5-6H,3-4H2,(H,15,16)(H,12,13,14). The van der Waals surface area contributed by atoms with Gasteiger partial charge in [-0.15, -0.1) is 0 Å². The predicted molar refractivity (Wildman–Crippen MR) is 55.6 cm³/mol. The first kappa shape index (κ1) is 10.3. The zero-order chi connectivity index (χ0) is 11.4. The van der Waals surface area contributed by atoms with E-state index in [4.69, 9.17) is 5.11 Å². The fraction of sp³-hybridized carbons (Fsp3) is 0.200. The van der Waals surface area contributed by atoms with Crippen molar-refractivity contribution in [1.82, 2.24) is 20.2 Å². The van der Waals surface area contributed by atoms with Gasteiger partial charge in [0.1, 0.15) is 5.82 Å². The minimum Gasteiger partial charge on any atom is -0.481 e. The molecule has 0 saturated heterocycles. The molecule has 0 radical (unpaired) electrons. The molecule has 2 aromatic rings. The third-order valence-corrected chi connectivity index (χ3v) is 2.03. The van der Waals surface area contributed by atoms with Crippen molar-refractivity contribution in [1.29, 1.82) is 0 Å². The fourth-order valence-corrected chi connectivity index (χ4v) is 1.26. The lowest BCUT2D eigenvalue weighted by Gasteiger charge is -1.91. The van der Waals surface area contributed by atoms with Crippen LogP contribution in [-0.4, -0.2) is 31.2 Å². The number of hydrogen-bond acceptors (Lipinski definition) is 4. The summed E-state index contributed by atoms with van der Waals surface area (Å²) in [4.78, 5) is 18.5. The van der Waals surface area contributed by atoms with Crippen molar-refractivity contribution < 1.29 is 9.90 Å². The van der Waals surface area contributed by atoms with Crippen molar-refractivity contribution in [3.8, 4) is 11.4 Å². The molecule has 0 amide bonds. The number of hydrogen-bond donors (Lipinski definition) is 2. The quantitative estimate of drug-likeness (QED) is 0.794. The molecule has 2 aromatic heterocycles. The first-order valence-electron chi connectivity index (χ1n) is 4.79. The second-order valence-corrected chi connectivity index (χ2v) is 3.24. The van der Waals surface area contributed by atoms with Crippen LogP contribution in [0.2, 0.25) is 0 Å². The molecule has 6 heteroatoms. The van der Waals surface area contributed by atoms with Crippen molar-refractivity contribution >= 4 is 5.97 Å². The number of aromatic amines is 1. The van der Waals surface area contributed by atoms with Gasteiger partial charge in [0.2, 0.25) is 0 Å². The Balaban J connectivity index is 2.11. The lowest BCUT2D eigenvalue weighted by molar-refractivity contribution is -0.137. The summed E-state index contributed by atoms with van der Waals surface area (Å²) in [5.74, 6) is 0.258. The first-order valence-corrected chi connectivity index (χ1v) is 4.79. The molecule has 0 aliphatic rings. The van der Waals surface area contributed by atoms with Gasteiger partial charge >= 0.3 is 5.97 Å². The maximum atomic E-state index is 10.4. The Morgan fingerprint density at radius 2 is 2.38 bits per heavy atom. The molecule has 0 unspecified atom stereocenters. The van der Waals surface area contributed by atoms with Crippen molar-refractivity contribution in [3.05, 3.63) is 30.4 Å². The Morgan fingerprint density at radius 3 is 3.06 bits per heavy atom. The van der Waals surface area contributed by atoms with Gasteiger partial charge in [0.05, 0.1) is 6.42 Å². The highest BCUT2D eigenvalue weighted by Gasteiger charge is 2.06. The number of aryl methyl sites for hydroxylation is 1. The minimum atomic E-state index is -0.848. The van der Waals surface area contributed by atoms with E-state index in [1.807, 2.05) is 6.07 Å². The Bertz CT molecular complexity index is 481. The molecule has 82 valence electrons. The van der Waals surface area contributed by atoms with E-state index in [9.17, 15) is 4.79 Å². The van der Waals surface area contributed by atoms with E-state index in [0.29, 0.717) is 18.1 Å². The number of pyridine rings is 1. The highest BCUT2D eigenvalue weighted by Crippen LogP contribution is 2.12. The van der Waals surface area contributed by atoms with Gasteiger partial charge in [0, 0.05) is 24.4 Å². The zero-order valence-electron chi connectivity index (χ0n) is 8.42. The lowest BCUT2D eigenvalue weighted by atomic mass is 10.3. The van der Waals surface area contributed by atoms with Crippen LogP contribution in [0.15, 0.2) is 24.5 Å². The molecule has 0 aliphatic carbocycles. The molecular formula is C10H10N4O2. The summed E-state index contributed by atoms with van der Waals surface area (Å²) in [5, 5.41) is 15.2. The Hall–Kier alpha value is -2.24. The summed E-state index contributed by atoms with van der Waals surface area (Å²) in [6, 6.07) is 3.64. The number of aromatic nitrogens is 4. The summed E-state index contributed by atoms with van der Waals surface area (Å²) < 4.78 is 0. The number of nitrogens with one attached hydrogen (secondary N) is 1. The summed E-state index contributed by atoms with van der Waals surface area (Å²) >= 11 is 0. The van der Waals surface area contributed by atoms with Crippen LogP contribution in [-0.2, 0) is 11.2 Å². The maximum Gasteiger partial charge on any atom is 0.303 e. The summed E-state index contributed by atoms with van der Waals surface area (Å²) in [6.07, 6.45) is 3.72. The number of carboxylic acid groups (broad SMARTS) is 1. The second kappa shape index (κ2) is 4.52. The van der Waals surface area contributed by atoms with Crippen molar-refractivity contribution in [2.75, 3.05) is 0 Å². The largest absolute Gasteiger partial charge is 0.481 e. The lowest BCUT2D eigenvalue weighted by Crippen LogP contribution is -1.98. The van der Waals surface area contributed by atoms with Gasteiger partial charge in [-0.1, -0.05) is 0 Å². The van der Waals surface area contributed by atoms with Crippen LogP contribution in [0.5, 0.6) is 0 Å². The molecule has 2 rings (SSSR count). The van der Waals surface area contributed by atoms with E-state index in [-0.39, 0.29) is 6.42 Å². The van der Waals surface area contributed by atoms with Gasteiger partial charge in [-0.3, -0.25) is 14.9 Å². The molecule has 2 N–H and O–H groups in total. The molecule has 16 heavy (non-hydrogen) atoms. The van der Waals surface area contributed by atoms with Crippen LogP contribution in [0.4, 0.5) is 0 Å². The van der Waals surface area contributed by atoms with Gasteiger partial charge in [-0.2, -0.15) is 5.10 Å². The van der Waals surface area contributed by atoms with E-state index in [1.165, 1.54) is 0 Å². The second-order valence-electron chi connectivity index (χ2n) is 3.24. The molecule has 0 spiro atoms. The Morgan fingerprint density at radius 1 is 1.50 bits per heavy atom. The van der Waals surface area contributed by atoms with Crippen LogP contribution in [0.3, 0.4) is 0 Å². The van der Waals surface area contributed by atoms with Crippen LogP contribution < -0.4 is 0 Å². The number of carbonyl (C=O) groups is 1. The average Bonchev–Trinajstić information content (AvgIpc) is 2.76. The third-order valence-electron chi connectivity index (χ3n) is 2.03. The van der Waals surface area contributed by atoms with E-state index in [2.05, 4.69) is 20.2 Å². The van der Waals surface area contributed by atoms with E-state index in [0.717, 1.165) is 5.56 Å². The van der Waals surface area contributed by atoms with Crippen LogP contribution in [0, 0.1) is 0 Å². The van der Waals surface area contributed by atoms with E-state index >= 15 is 0 Å². The van der Waals surface area contributed by atoms with E-state index < -0.39 is 5.97 Å². The van der Waals surface area contributed by atoms with Crippen molar-refractivity contribution in [2.24, 2.45) is 0 Å². The van der Waals surface area contributed by atoms with E-state index in [1.54, 1.807) is 18.5 Å². The number of aliphatic carboxylic acids is 1. The molecule has 0 atom stereocenters. The van der Waals surface area contributed by atoms with Gasteiger partial charge in [0.25, 0.3) is 0 Å². The van der Waals surface area contributed by atoms with Crippen LogP contribution in [0.1, 0.15) is 12.2 Å². The molecule has 0 fully saturated rings. The van der Waals surface area contributed by atoms with Crippen molar-refractivity contribution in [3.63, 3.8) is 0 Å². The normalized spacial score (nSPS) is 10.2. The van der Waals surface area contributed by atoms with Crippen LogP contribution in [0.25, 0.3) is 11.4 Å². The molecular weight excluding hydrogens is 208 g/mol. The number of H-pyrrole nitrogens is 1. The Labute approximate surface area is 91.4 Å². The smallest absolute Gasteiger partial charge is 0.303 e. The Kier molecular flexibility index (Phi) is 2.90. The number of rotatable bonds is 4. The molecule has 0 aliphatic heterocycles. The SMILES string of the molecule is O=C(O)CCc1nc(-c2cccnc2)n[nH]1. The zero-order valence-corrected chi connectivity index (χ0v) is 8.42. The summed E-state index contributed by atoms with van der Waals surface area (Å²) in [6.45, 7) is 0. The highest BCUT2D eigenvalue weighted by molar-refractivity contribution is 5.66. The monoisotopic (exact) mass is 218 g/mol. The highest BCUT2D eigenvalue weighted by atomic mass is 16.4. The third kappa shape index (κ3) is 2.41. The van der Waals surface area contributed by atoms with Gasteiger partial charge in [-0.05, 0) is 12.1 Å². The fourth-order valence-electron chi connectivity index (χ4n) is 1.26. The van der Waals surface area contributed by atoms with Crippen LogP contribution >= 0.6 is 0 Å².